The van der Waals surface area contributed by atoms with Gasteiger partial charge in [0.1, 0.15) is 16.8 Å². The Morgan fingerprint density at radius 3 is 2.46 bits per heavy atom. The number of amides is 1. The molecule has 0 radical (unpaired) electrons. The third kappa shape index (κ3) is 4.81. The predicted molar refractivity (Wildman–Crippen MR) is 107 cm³/mol. The SMILES string of the molecule is C[C@H](NC(=O)/C=C/c1c(F)cccc1F)c1cccc(-c2ccc(Cl)nc2)c1. The number of nitrogens with one attached hydrogen (secondary N) is 1. The van der Waals surface area contributed by atoms with Gasteiger partial charge in [0.25, 0.3) is 0 Å². The first-order chi connectivity index (χ1) is 13.4. The number of aromatic nitrogens is 1. The van der Waals surface area contributed by atoms with Gasteiger partial charge in [-0.3, -0.25) is 4.79 Å². The third-order valence-electron chi connectivity index (χ3n) is 4.21. The topological polar surface area (TPSA) is 42.0 Å². The lowest BCUT2D eigenvalue weighted by molar-refractivity contribution is -0.117. The predicted octanol–water partition coefficient (Wildman–Crippen LogP) is 5.57. The molecular formula is C22H17ClF2N2O. The van der Waals surface area contributed by atoms with Crippen molar-refractivity contribution >= 4 is 23.6 Å². The molecule has 0 bridgehead atoms. The van der Waals surface area contributed by atoms with Crippen molar-refractivity contribution in [1.29, 1.82) is 0 Å². The number of halogens is 3. The highest BCUT2D eigenvalue weighted by Crippen LogP contribution is 2.23. The number of carbonyl (C=O) groups excluding carboxylic acids is 1. The van der Waals surface area contributed by atoms with E-state index in [4.69, 9.17) is 11.6 Å². The summed E-state index contributed by atoms with van der Waals surface area (Å²) >= 11 is 5.82. The van der Waals surface area contributed by atoms with Gasteiger partial charge >= 0.3 is 0 Å². The normalized spacial score (nSPS) is 12.1. The molecule has 2 aromatic carbocycles. The zero-order chi connectivity index (χ0) is 20.1. The quantitative estimate of drug-likeness (QED) is 0.451. The van der Waals surface area contributed by atoms with Gasteiger partial charge in [0.2, 0.25) is 5.91 Å². The van der Waals surface area contributed by atoms with Crippen LogP contribution in [-0.2, 0) is 4.79 Å². The molecular weight excluding hydrogens is 382 g/mol. The van der Waals surface area contributed by atoms with Crippen LogP contribution >= 0.6 is 11.6 Å². The molecule has 0 aliphatic heterocycles. The molecule has 1 atom stereocenters. The lowest BCUT2D eigenvalue weighted by Crippen LogP contribution is -2.24. The summed E-state index contributed by atoms with van der Waals surface area (Å²) in [6, 6.07) is 14.5. The zero-order valence-corrected chi connectivity index (χ0v) is 15.8. The molecule has 0 fully saturated rings. The molecule has 6 heteroatoms. The minimum atomic E-state index is -0.721. The summed E-state index contributed by atoms with van der Waals surface area (Å²) in [5.41, 5.74) is 2.47. The molecule has 3 nitrogen and oxygen atoms in total. The lowest BCUT2D eigenvalue weighted by atomic mass is 10.0. The van der Waals surface area contributed by atoms with E-state index >= 15 is 0 Å². The Morgan fingerprint density at radius 2 is 1.79 bits per heavy atom. The summed E-state index contributed by atoms with van der Waals surface area (Å²) < 4.78 is 27.2. The minimum absolute atomic E-state index is 0.248. The fourth-order valence-corrected chi connectivity index (χ4v) is 2.82. The molecule has 0 unspecified atom stereocenters. The van der Waals surface area contributed by atoms with Gasteiger partial charge in [-0.25, -0.2) is 13.8 Å². The van der Waals surface area contributed by atoms with Gasteiger partial charge < -0.3 is 5.32 Å². The van der Waals surface area contributed by atoms with Gasteiger partial charge in [0, 0.05) is 23.4 Å². The maximum Gasteiger partial charge on any atom is 0.244 e. The van der Waals surface area contributed by atoms with Crippen LogP contribution in [0.4, 0.5) is 8.78 Å². The molecule has 1 amide bonds. The molecule has 3 aromatic rings. The highest BCUT2D eigenvalue weighted by atomic mass is 35.5. The molecule has 1 heterocycles. The van der Waals surface area contributed by atoms with Crippen LogP contribution < -0.4 is 5.32 Å². The fraction of sp³-hybridized carbons (Fsp3) is 0.0909. The lowest BCUT2D eigenvalue weighted by Gasteiger charge is -2.14. The van der Waals surface area contributed by atoms with Crippen molar-refractivity contribution in [2.24, 2.45) is 0 Å². The molecule has 28 heavy (non-hydrogen) atoms. The zero-order valence-electron chi connectivity index (χ0n) is 15.0. The highest BCUT2D eigenvalue weighted by Gasteiger charge is 2.10. The summed E-state index contributed by atoms with van der Waals surface area (Å²) in [6.07, 6.45) is 3.92. The summed E-state index contributed by atoms with van der Waals surface area (Å²) in [6.45, 7) is 1.83. The Balaban J connectivity index is 1.71. The summed E-state index contributed by atoms with van der Waals surface area (Å²) in [5.74, 6) is -1.89. The number of benzene rings is 2. The van der Waals surface area contributed by atoms with E-state index in [1.54, 1.807) is 12.3 Å². The van der Waals surface area contributed by atoms with Crippen molar-refractivity contribution in [2.45, 2.75) is 13.0 Å². The molecule has 0 aliphatic carbocycles. The molecule has 0 spiro atoms. The van der Waals surface area contributed by atoms with Gasteiger partial charge in [0.15, 0.2) is 0 Å². The van der Waals surface area contributed by atoms with Crippen LogP contribution in [0.2, 0.25) is 5.15 Å². The van der Waals surface area contributed by atoms with Gasteiger partial charge in [-0.1, -0.05) is 35.9 Å². The van der Waals surface area contributed by atoms with Crippen molar-refractivity contribution in [3.63, 3.8) is 0 Å². The van der Waals surface area contributed by atoms with Crippen LogP contribution in [0.1, 0.15) is 24.1 Å². The Morgan fingerprint density at radius 1 is 1.07 bits per heavy atom. The van der Waals surface area contributed by atoms with E-state index in [1.165, 1.54) is 6.07 Å². The van der Waals surface area contributed by atoms with E-state index in [9.17, 15) is 13.6 Å². The number of hydrogen-bond acceptors (Lipinski definition) is 2. The molecule has 1 N–H and O–H groups in total. The fourth-order valence-electron chi connectivity index (χ4n) is 2.71. The van der Waals surface area contributed by atoms with Crippen LogP contribution in [0.3, 0.4) is 0 Å². The van der Waals surface area contributed by atoms with Crippen LogP contribution in [-0.4, -0.2) is 10.9 Å². The first-order valence-corrected chi connectivity index (χ1v) is 8.96. The Kier molecular flexibility index (Phi) is 6.16. The van der Waals surface area contributed by atoms with Crippen molar-refractivity contribution < 1.29 is 13.6 Å². The van der Waals surface area contributed by atoms with Crippen LogP contribution in [0.15, 0.2) is 66.9 Å². The molecule has 1 aromatic heterocycles. The number of nitrogens with zero attached hydrogens (tertiary/aromatic N) is 1. The average molecular weight is 399 g/mol. The van der Waals surface area contributed by atoms with Crippen molar-refractivity contribution in [3.05, 3.63) is 94.8 Å². The molecule has 3 rings (SSSR count). The molecule has 0 aliphatic rings. The van der Waals surface area contributed by atoms with Crippen molar-refractivity contribution in [1.82, 2.24) is 10.3 Å². The number of hydrogen-bond donors (Lipinski definition) is 1. The third-order valence-corrected chi connectivity index (χ3v) is 4.43. The molecule has 142 valence electrons. The largest absolute Gasteiger partial charge is 0.346 e. The minimum Gasteiger partial charge on any atom is -0.346 e. The van der Waals surface area contributed by atoms with E-state index in [1.807, 2.05) is 37.3 Å². The van der Waals surface area contributed by atoms with E-state index < -0.39 is 17.5 Å². The van der Waals surface area contributed by atoms with Gasteiger partial charge in [-0.05, 0) is 54.5 Å². The van der Waals surface area contributed by atoms with Crippen LogP contribution in [0.25, 0.3) is 17.2 Å². The standard InChI is InChI=1S/C22H17ClF2N2O/c1-14(27-22(28)11-9-18-19(24)6-3-7-20(18)25)15-4-2-5-16(12-15)17-8-10-21(23)26-13-17/h2-14H,1H3,(H,27,28)/b11-9+/t14-/m0/s1. The summed E-state index contributed by atoms with van der Waals surface area (Å²) in [7, 11) is 0. The highest BCUT2D eigenvalue weighted by molar-refractivity contribution is 6.29. The maximum atomic E-state index is 13.6. The second-order valence-electron chi connectivity index (χ2n) is 6.19. The Bertz CT molecular complexity index is 999. The van der Waals surface area contributed by atoms with Gasteiger partial charge in [-0.2, -0.15) is 0 Å². The average Bonchev–Trinajstić information content (AvgIpc) is 2.68. The Labute approximate surface area is 166 Å². The van der Waals surface area contributed by atoms with Crippen LogP contribution in [0, 0.1) is 11.6 Å². The number of pyridine rings is 1. The van der Waals surface area contributed by atoms with Gasteiger partial charge in [-0.15, -0.1) is 0 Å². The van der Waals surface area contributed by atoms with E-state index in [0.717, 1.165) is 41.0 Å². The van der Waals surface area contributed by atoms with Gasteiger partial charge in [0.05, 0.1) is 6.04 Å². The van der Waals surface area contributed by atoms with Crippen molar-refractivity contribution in [2.75, 3.05) is 0 Å². The van der Waals surface area contributed by atoms with E-state index in [0.29, 0.717) is 5.15 Å². The number of rotatable bonds is 5. The van der Waals surface area contributed by atoms with E-state index in [-0.39, 0.29) is 11.6 Å². The van der Waals surface area contributed by atoms with Crippen molar-refractivity contribution in [3.8, 4) is 11.1 Å². The Hall–Kier alpha value is -3.05. The molecule has 0 saturated carbocycles. The smallest absolute Gasteiger partial charge is 0.244 e. The van der Waals surface area contributed by atoms with E-state index in [2.05, 4.69) is 10.3 Å². The maximum absolute atomic E-state index is 13.6. The number of carbonyl (C=O) groups is 1. The second-order valence-corrected chi connectivity index (χ2v) is 6.58. The summed E-state index contributed by atoms with van der Waals surface area (Å²) in [5, 5.41) is 3.20. The van der Waals surface area contributed by atoms with Crippen LogP contribution in [0.5, 0.6) is 0 Å². The first-order valence-electron chi connectivity index (χ1n) is 8.58. The second kappa shape index (κ2) is 8.76. The monoisotopic (exact) mass is 398 g/mol. The molecule has 0 saturated heterocycles. The first kappa shape index (κ1) is 19.7. The summed E-state index contributed by atoms with van der Waals surface area (Å²) in [4.78, 5) is 16.2.